The number of hydrogen-bond donors (Lipinski definition) is 0. The average Bonchev–Trinajstić information content (AvgIpc) is 3.09. The Labute approximate surface area is 185 Å². The fraction of sp³-hybridized carbons (Fsp3) is 0.467. The molecule has 0 spiro atoms. The molecule has 0 saturated carbocycles. The van der Waals surface area contributed by atoms with Gasteiger partial charge in [0, 0.05) is 0 Å². The maximum absolute atomic E-state index is 2.38. The fourth-order valence-electron chi connectivity index (χ4n) is 4.41. The highest BCUT2D eigenvalue weighted by Crippen LogP contribution is 2.36. The van der Waals surface area contributed by atoms with E-state index in [9.17, 15) is 0 Å². The third-order valence-corrected chi connectivity index (χ3v) is 6.95. The van der Waals surface area contributed by atoms with Gasteiger partial charge < -0.3 is 0 Å². The summed E-state index contributed by atoms with van der Waals surface area (Å²) in [6.45, 7) is 22.6. The lowest BCUT2D eigenvalue weighted by Gasteiger charge is -2.20. The lowest BCUT2D eigenvalue weighted by molar-refractivity contribution is 0.589. The van der Waals surface area contributed by atoms with Crippen molar-refractivity contribution < 1.29 is 0 Å². The summed E-state index contributed by atoms with van der Waals surface area (Å²) in [4.78, 5) is 0. The zero-order chi connectivity index (χ0) is 22.4. The van der Waals surface area contributed by atoms with Crippen LogP contribution in [0, 0.1) is 0 Å². The van der Waals surface area contributed by atoms with E-state index < -0.39 is 0 Å². The summed E-state index contributed by atoms with van der Waals surface area (Å²) in [7, 11) is 0. The molecule has 0 bridgehead atoms. The van der Waals surface area contributed by atoms with E-state index in [1.165, 1.54) is 55.7 Å². The normalized spacial score (nSPS) is 15.8. The van der Waals surface area contributed by atoms with Crippen LogP contribution >= 0.6 is 0 Å². The van der Waals surface area contributed by atoms with E-state index in [-0.39, 0.29) is 10.8 Å². The van der Waals surface area contributed by atoms with Gasteiger partial charge in [-0.2, -0.15) is 0 Å². The van der Waals surface area contributed by atoms with Gasteiger partial charge in [-0.15, -0.1) is 0 Å². The molecule has 0 N–H and O–H groups in total. The maximum atomic E-state index is 2.38. The van der Waals surface area contributed by atoms with Gasteiger partial charge in [0.05, 0.1) is 0 Å². The molecule has 4 rings (SSSR count). The second-order valence-electron chi connectivity index (χ2n) is 11.4. The van der Waals surface area contributed by atoms with Crippen LogP contribution in [0.25, 0.3) is 11.1 Å². The largest absolute Gasteiger partial charge is 0.0654 e. The van der Waals surface area contributed by atoms with E-state index in [2.05, 4.69) is 106 Å². The predicted octanol–water partition coefficient (Wildman–Crippen LogP) is 8.67. The van der Waals surface area contributed by atoms with Crippen molar-refractivity contribution in [2.75, 3.05) is 0 Å². The summed E-state index contributed by atoms with van der Waals surface area (Å²) in [5.41, 5.74) is 15.4. The molecular weight excluding hydrogens is 360 g/mol. The second kappa shape index (κ2) is 7.88. The first-order chi connectivity index (χ1) is 13.8. The fourth-order valence-corrected chi connectivity index (χ4v) is 4.41. The van der Waals surface area contributed by atoms with Crippen molar-refractivity contribution in [3.63, 3.8) is 0 Å². The van der Waals surface area contributed by atoms with E-state index in [1.54, 1.807) is 0 Å². The Hall–Kier alpha value is -2.08. The quantitative estimate of drug-likeness (QED) is 0.415. The Bertz CT molecular complexity index is 1030. The first-order valence-corrected chi connectivity index (χ1v) is 11.4. The van der Waals surface area contributed by atoms with Gasteiger partial charge in [-0.05, 0) is 95.9 Å². The summed E-state index contributed by atoms with van der Waals surface area (Å²) >= 11 is 0. The van der Waals surface area contributed by atoms with Crippen molar-refractivity contribution in [3.8, 4) is 0 Å². The van der Waals surface area contributed by atoms with E-state index in [0.717, 1.165) is 12.8 Å². The maximum Gasteiger partial charge on any atom is -0.00578 e. The molecule has 0 heterocycles. The van der Waals surface area contributed by atoms with Gasteiger partial charge in [-0.1, -0.05) is 89.1 Å². The van der Waals surface area contributed by atoms with Crippen LogP contribution in [0.1, 0.15) is 103 Å². The van der Waals surface area contributed by atoms with Crippen LogP contribution in [-0.2, 0) is 23.7 Å². The summed E-state index contributed by atoms with van der Waals surface area (Å²) in [6, 6.07) is 13.9. The minimum atomic E-state index is 0.256. The molecule has 2 aromatic carbocycles. The van der Waals surface area contributed by atoms with E-state index in [0.29, 0.717) is 0 Å². The molecule has 0 atom stereocenters. The van der Waals surface area contributed by atoms with Crippen LogP contribution in [0.4, 0.5) is 0 Å². The van der Waals surface area contributed by atoms with Crippen LogP contribution < -0.4 is 0 Å². The monoisotopic (exact) mass is 400 g/mol. The van der Waals surface area contributed by atoms with Gasteiger partial charge in [0.15, 0.2) is 0 Å². The number of rotatable bonds is 0. The molecule has 0 unspecified atom stereocenters. The Morgan fingerprint density at radius 1 is 0.533 bits per heavy atom. The van der Waals surface area contributed by atoms with E-state index in [1.807, 2.05) is 0 Å². The Balaban J connectivity index is 0.000000171. The van der Waals surface area contributed by atoms with Gasteiger partial charge in [0.2, 0.25) is 0 Å². The summed E-state index contributed by atoms with van der Waals surface area (Å²) in [6.07, 6.45) is 2.29. The minimum absolute atomic E-state index is 0.256. The van der Waals surface area contributed by atoms with Crippen molar-refractivity contribution in [1.29, 1.82) is 0 Å². The Morgan fingerprint density at radius 2 is 1.00 bits per heavy atom. The molecule has 160 valence electrons. The molecule has 0 amide bonds. The zero-order valence-corrected chi connectivity index (χ0v) is 20.9. The lowest BCUT2D eigenvalue weighted by Crippen LogP contribution is -2.11. The van der Waals surface area contributed by atoms with Crippen LogP contribution in [-0.4, -0.2) is 0 Å². The van der Waals surface area contributed by atoms with E-state index in [4.69, 9.17) is 0 Å². The molecule has 0 aromatic heterocycles. The van der Waals surface area contributed by atoms with Crippen molar-refractivity contribution in [1.82, 2.24) is 0 Å². The predicted molar refractivity (Wildman–Crippen MR) is 134 cm³/mol. The molecule has 0 heteroatoms. The number of fused-ring (bicyclic) bond motifs is 2. The summed E-state index contributed by atoms with van der Waals surface area (Å²) in [5.74, 6) is 0. The number of benzene rings is 2. The smallest absolute Gasteiger partial charge is 0.00578 e. The van der Waals surface area contributed by atoms with Crippen molar-refractivity contribution in [2.24, 2.45) is 0 Å². The molecule has 2 aliphatic carbocycles. The lowest BCUT2D eigenvalue weighted by atomic mass is 9.85. The second-order valence-corrected chi connectivity index (χ2v) is 11.4. The first-order valence-electron chi connectivity index (χ1n) is 11.4. The minimum Gasteiger partial charge on any atom is -0.0654 e. The molecule has 2 aromatic rings. The molecule has 0 nitrogen and oxygen atoms in total. The molecule has 0 saturated heterocycles. The highest BCUT2D eigenvalue weighted by molar-refractivity contribution is 5.75. The average molecular weight is 401 g/mol. The number of allylic oxidation sites excluding steroid dienone is 4. The van der Waals surface area contributed by atoms with Gasteiger partial charge in [-0.25, -0.2) is 0 Å². The Kier molecular flexibility index (Phi) is 5.93. The topological polar surface area (TPSA) is 0 Å². The first kappa shape index (κ1) is 22.6. The van der Waals surface area contributed by atoms with Crippen LogP contribution in [0.2, 0.25) is 0 Å². The SMILES string of the molecule is CC1=C(C)c2cc(C(C)(C)C)ccc2C1.CC1=C(C)c2ccc(C(C)(C)C)cc2C1. The number of hydrogen-bond acceptors (Lipinski definition) is 0. The summed E-state index contributed by atoms with van der Waals surface area (Å²) in [5, 5.41) is 0. The van der Waals surface area contributed by atoms with Crippen LogP contribution in [0.15, 0.2) is 47.5 Å². The zero-order valence-electron chi connectivity index (χ0n) is 20.9. The van der Waals surface area contributed by atoms with Crippen LogP contribution in [0.5, 0.6) is 0 Å². The van der Waals surface area contributed by atoms with Crippen molar-refractivity contribution >= 4 is 11.1 Å². The molecular formula is C30H40. The summed E-state index contributed by atoms with van der Waals surface area (Å²) < 4.78 is 0. The molecule has 0 radical (unpaired) electrons. The Morgan fingerprint density at radius 3 is 1.57 bits per heavy atom. The molecule has 0 aliphatic heterocycles. The molecule has 30 heavy (non-hydrogen) atoms. The van der Waals surface area contributed by atoms with Gasteiger partial charge in [0.25, 0.3) is 0 Å². The van der Waals surface area contributed by atoms with Gasteiger partial charge in [0.1, 0.15) is 0 Å². The van der Waals surface area contributed by atoms with Gasteiger partial charge >= 0.3 is 0 Å². The standard InChI is InChI=1S/2C15H20/c1-10-8-12-9-13(15(3,4)5)6-7-14(12)11(10)2;1-10-8-12-6-7-13(15(3,4)5)9-14(12)11(10)2/h2*6-7,9H,8H2,1-5H3. The molecule has 0 fully saturated rings. The highest BCUT2D eigenvalue weighted by atomic mass is 14.3. The van der Waals surface area contributed by atoms with Crippen molar-refractivity contribution in [2.45, 2.75) is 92.9 Å². The molecule has 2 aliphatic rings. The third-order valence-electron chi connectivity index (χ3n) is 6.95. The van der Waals surface area contributed by atoms with Crippen LogP contribution in [0.3, 0.4) is 0 Å². The van der Waals surface area contributed by atoms with Crippen molar-refractivity contribution in [3.05, 3.63) is 80.9 Å². The highest BCUT2D eigenvalue weighted by Gasteiger charge is 2.21. The van der Waals surface area contributed by atoms with E-state index >= 15 is 0 Å². The van der Waals surface area contributed by atoms with Gasteiger partial charge in [-0.3, -0.25) is 0 Å². The third kappa shape index (κ3) is 4.48.